The summed E-state index contributed by atoms with van der Waals surface area (Å²) < 4.78 is 25.5. The Kier molecular flexibility index (Phi) is 7.28. The standard InChI is InChI=1S/C14H21N3O3S.ClH/c1-15-21(19,20)13-5-2-12(3-6-13)4-7-14(18)17-10-8-16-9-11-17;/h2-3,5-6,15-16H,4,7-11H2,1H3;1H. The molecule has 22 heavy (non-hydrogen) atoms. The fraction of sp³-hybridized carbons (Fsp3) is 0.500. The lowest BCUT2D eigenvalue weighted by molar-refractivity contribution is -0.131. The SMILES string of the molecule is CNS(=O)(=O)c1ccc(CCC(=O)N2CCNCC2)cc1.Cl. The maximum atomic E-state index is 12.0. The molecule has 1 fully saturated rings. The van der Waals surface area contributed by atoms with Crippen LogP contribution in [0.4, 0.5) is 0 Å². The van der Waals surface area contributed by atoms with Crippen LogP contribution in [0.2, 0.25) is 0 Å². The van der Waals surface area contributed by atoms with Crippen LogP contribution in [0.5, 0.6) is 0 Å². The van der Waals surface area contributed by atoms with Crippen LogP contribution < -0.4 is 10.0 Å². The number of halogens is 1. The summed E-state index contributed by atoms with van der Waals surface area (Å²) in [6.45, 7) is 3.22. The van der Waals surface area contributed by atoms with Crippen molar-refractivity contribution in [1.82, 2.24) is 14.9 Å². The van der Waals surface area contributed by atoms with E-state index in [0.29, 0.717) is 12.8 Å². The van der Waals surface area contributed by atoms with E-state index in [9.17, 15) is 13.2 Å². The molecule has 0 unspecified atom stereocenters. The highest BCUT2D eigenvalue weighted by Gasteiger charge is 2.16. The van der Waals surface area contributed by atoms with E-state index in [1.807, 2.05) is 4.90 Å². The first-order valence-electron chi connectivity index (χ1n) is 7.04. The zero-order valence-corrected chi connectivity index (χ0v) is 14.2. The van der Waals surface area contributed by atoms with Gasteiger partial charge in [0.15, 0.2) is 0 Å². The third kappa shape index (κ3) is 4.95. The second-order valence-corrected chi connectivity index (χ2v) is 6.87. The van der Waals surface area contributed by atoms with E-state index in [2.05, 4.69) is 10.0 Å². The van der Waals surface area contributed by atoms with E-state index in [-0.39, 0.29) is 23.2 Å². The molecule has 1 aromatic carbocycles. The number of benzene rings is 1. The van der Waals surface area contributed by atoms with Crippen molar-refractivity contribution in [2.45, 2.75) is 17.7 Å². The van der Waals surface area contributed by atoms with Crippen LogP contribution in [0.3, 0.4) is 0 Å². The molecule has 0 saturated carbocycles. The monoisotopic (exact) mass is 347 g/mol. The molecule has 0 bridgehead atoms. The van der Waals surface area contributed by atoms with E-state index < -0.39 is 10.0 Å². The third-order valence-electron chi connectivity index (χ3n) is 3.60. The van der Waals surface area contributed by atoms with Gasteiger partial charge in [-0.2, -0.15) is 0 Å². The van der Waals surface area contributed by atoms with Crippen LogP contribution in [0.1, 0.15) is 12.0 Å². The minimum absolute atomic E-state index is 0. The fourth-order valence-corrected chi connectivity index (χ4v) is 3.01. The Labute approximate surface area is 137 Å². The molecule has 0 aliphatic carbocycles. The highest BCUT2D eigenvalue weighted by molar-refractivity contribution is 7.89. The normalized spacial score (nSPS) is 15.2. The molecule has 2 N–H and O–H groups in total. The molecule has 6 nitrogen and oxygen atoms in total. The Hall–Kier alpha value is -1.15. The number of carbonyl (C=O) groups is 1. The van der Waals surface area contributed by atoms with E-state index in [1.165, 1.54) is 7.05 Å². The predicted octanol–water partition coefficient (Wildman–Crippen LogP) is 0.381. The number of carbonyl (C=O) groups excluding carboxylic acids is 1. The molecule has 1 aliphatic rings. The van der Waals surface area contributed by atoms with Gasteiger partial charge in [0.1, 0.15) is 0 Å². The molecule has 0 atom stereocenters. The molecule has 0 spiro atoms. The summed E-state index contributed by atoms with van der Waals surface area (Å²) in [6.07, 6.45) is 1.08. The van der Waals surface area contributed by atoms with Crippen molar-refractivity contribution < 1.29 is 13.2 Å². The molecule has 0 radical (unpaired) electrons. The zero-order chi connectivity index (χ0) is 15.3. The molecular formula is C14H22ClN3O3S. The molecule has 1 aromatic rings. The smallest absolute Gasteiger partial charge is 0.240 e. The van der Waals surface area contributed by atoms with Crippen LogP contribution in [0.25, 0.3) is 0 Å². The number of amides is 1. The highest BCUT2D eigenvalue weighted by atomic mass is 35.5. The first-order valence-corrected chi connectivity index (χ1v) is 8.52. The van der Waals surface area contributed by atoms with Crippen LogP contribution in [0, 0.1) is 0 Å². The van der Waals surface area contributed by atoms with Gasteiger partial charge in [0, 0.05) is 32.6 Å². The van der Waals surface area contributed by atoms with Gasteiger partial charge in [0.05, 0.1) is 4.90 Å². The molecule has 2 rings (SSSR count). The summed E-state index contributed by atoms with van der Waals surface area (Å²) in [5.74, 6) is 0.156. The number of sulfonamides is 1. The lowest BCUT2D eigenvalue weighted by Crippen LogP contribution is -2.46. The molecule has 8 heteroatoms. The van der Waals surface area contributed by atoms with Crippen LogP contribution >= 0.6 is 12.4 Å². The Morgan fingerprint density at radius 2 is 1.82 bits per heavy atom. The van der Waals surface area contributed by atoms with Gasteiger partial charge in [0.25, 0.3) is 0 Å². The average Bonchev–Trinajstić information content (AvgIpc) is 2.54. The topological polar surface area (TPSA) is 78.5 Å². The van der Waals surface area contributed by atoms with Crippen molar-refractivity contribution in [2.75, 3.05) is 33.2 Å². The van der Waals surface area contributed by atoms with Crippen molar-refractivity contribution in [2.24, 2.45) is 0 Å². The number of nitrogens with one attached hydrogen (secondary N) is 2. The average molecular weight is 348 g/mol. The van der Waals surface area contributed by atoms with E-state index >= 15 is 0 Å². The Bertz CT molecular complexity index is 584. The van der Waals surface area contributed by atoms with Gasteiger partial charge in [0.2, 0.25) is 15.9 Å². The summed E-state index contributed by atoms with van der Waals surface area (Å²) in [7, 11) is -2.01. The van der Waals surface area contributed by atoms with Crippen molar-refractivity contribution in [3.63, 3.8) is 0 Å². The van der Waals surface area contributed by atoms with Gasteiger partial charge >= 0.3 is 0 Å². The molecule has 1 saturated heterocycles. The summed E-state index contributed by atoms with van der Waals surface area (Å²) in [6, 6.07) is 6.65. The molecule has 1 amide bonds. The van der Waals surface area contributed by atoms with Crippen molar-refractivity contribution in [3.05, 3.63) is 29.8 Å². The summed E-state index contributed by atoms with van der Waals surface area (Å²) >= 11 is 0. The fourth-order valence-electron chi connectivity index (χ4n) is 2.28. The number of piperazine rings is 1. The first kappa shape index (κ1) is 18.9. The van der Waals surface area contributed by atoms with Crippen LogP contribution in [-0.2, 0) is 21.2 Å². The Morgan fingerprint density at radius 1 is 1.23 bits per heavy atom. The first-order chi connectivity index (χ1) is 10.0. The maximum Gasteiger partial charge on any atom is 0.240 e. The minimum atomic E-state index is -3.40. The van der Waals surface area contributed by atoms with Gasteiger partial charge in [-0.05, 0) is 31.2 Å². The number of aryl methyl sites for hydroxylation is 1. The van der Waals surface area contributed by atoms with Crippen LogP contribution in [-0.4, -0.2) is 52.5 Å². The van der Waals surface area contributed by atoms with Crippen molar-refractivity contribution in [1.29, 1.82) is 0 Å². The van der Waals surface area contributed by atoms with E-state index in [0.717, 1.165) is 31.7 Å². The number of hydrogen-bond donors (Lipinski definition) is 2. The second-order valence-electron chi connectivity index (χ2n) is 4.98. The third-order valence-corrected chi connectivity index (χ3v) is 5.03. The predicted molar refractivity (Wildman–Crippen MR) is 87.7 cm³/mol. The lowest BCUT2D eigenvalue weighted by atomic mass is 10.1. The molecule has 124 valence electrons. The zero-order valence-electron chi connectivity index (χ0n) is 12.5. The Morgan fingerprint density at radius 3 is 2.36 bits per heavy atom. The van der Waals surface area contributed by atoms with Crippen LogP contribution in [0.15, 0.2) is 29.2 Å². The largest absolute Gasteiger partial charge is 0.340 e. The summed E-state index contributed by atoms with van der Waals surface area (Å²) in [5.41, 5.74) is 0.966. The summed E-state index contributed by atoms with van der Waals surface area (Å²) in [5, 5.41) is 3.21. The highest BCUT2D eigenvalue weighted by Crippen LogP contribution is 2.12. The lowest BCUT2D eigenvalue weighted by Gasteiger charge is -2.27. The quantitative estimate of drug-likeness (QED) is 0.807. The molecular weight excluding hydrogens is 326 g/mol. The second kappa shape index (κ2) is 8.47. The van der Waals surface area contributed by atoms with Crippen molar-refractivity contribution in [3.8, 4) is 0 Å². The Balaban J connectivity index is 0.00000242. The van der Waals surface area contributed by atoms with Crippen molar-refractivity contribution >= 4 is 28.3 Å². The number of nitrogens with zero attached hydrogens (tertiary/aromatic N) is 1. The minimum Gasteiger partial charge on any atom is -0.340 e. The van der Waals surface area contributed by atoms with E-state index in [4.69, 9.17) is 0 Å². The summed E-state index contributed by atoms with van der Waals surface area (Å²) in [4.78, 5) is 14.1. The van der Waals surface area contributed by atoms with E-state index in [1.54, 1.807) is 24.3 Å². The van der Waals surface area contributed by atoms with Gasteiger partial charge in [-0.1, -0.05) is 12.1 Å². The van der Waals surface area contributed by atoms with Gasteiger partial charge < -0.3 is 10.2 Å². The number of rotatable bonds is 5. The van der Waals surface area contributed by atoms with Gasteiger partial charge in [-0.25, -0.2) is 13.1 Å². The van der Waals surface area contributed by atoms with Gasteiger partial charge in [-0.15, -0.1) is 12.4 Å². The van der Waals surface area contributed by atoms with Gasteiger partial charge in [-0.3, -0.25) is 4.79 Å². The number of hydrogen-bond acceptors (Lipinski definition) is 4. The molecule has 0 aromatic heterocycles. The molecule has 1 heterocycles. The molecule has 1 aliphatic heterocycles. The maximum absolute atomic E-state index is 12.0.